The van der Waals surface area contributed by atoms with Crippen LogP contribution < -0.4 is 0 Å². The second-order valence-corrected chi connectivity index (χ2v) is 5.71. The fourth-order valence-corrected chi connectivity index (χ4v) is 3.98. The van der Waals surface area contributed by atoms with Crippen molar-refractivity contribution in [3.05, 3.63) is 34.0 Å². The molecule has 1 aromatic rings. The SMILES string of the molecule is C=CCC(O)c1cc2c(s1)CCSC2. The number of aliphatic hydroxyl groups excluding tert-OH is 1. The summed E-state index contributed by atoms with van der Waals surface area (Å²) in [5, 5.41) is 9.80. The van der Waals surface area contributed by atoms with Gasteiger partial charge in [-0.3, -0.25) is 0 Å². The molecule has 2 heterocycles. The minimum absolute atomic E-state index is 0.340. The average molecular weight is 226 g/mol. The summed E-state index contributed by atoms with van der Waals surface area (Å²) in [6.07, 6.45) is 3.27. The van der Waals surface area contributed by atoms with Crippen molar-refractivity contribution < 1.29 is 5.11 Å². The summed E-state index contributed by atoms with van der Waals surface area (Å²) in [6.45, 7) is 3.65. The molecular weight excluding hydrogens is 212 g/mol. The molecule has 14 heavy (non-hydrogen) atoms. The lowest BCUT2D eigenvalue weighted by atomic mass is 10.1. The zero-order chi connectivity index (χ0) is 9.97. The molecule has 1 atom stereocenters. The van der Waals surface area contributed by atoms with E-state index >= 15 is 0 Å². The molecule has 76 valence electrons. The Morgan fingerprint density at radius 3 is 3.21 bits per heavy atom. The van der Waals surface area contributed by atoms with E-state index in [4.69, 9.17) is 0 Å². The van der Waals surface area contributed by atoms with Crippen LogP contribution in [-0.4, -0.2) is 10.9 Å². The van der Waals surface area contributed by atoms with Gasteiger partial charge in [-0.05, 0) is 30.2 Å². The van der Waals surface area contributed by atoms with E-state index in [0.29, 0.717) is 6.42 Å². The van der Waals surface area contributed by atoms with Gasteiger partial charge in [0, 0.05) is 15.5 Å². The van der Waals surface area contributed by atoms with Crippen LogP contribution in [0.1, 0.15) is 27.8 Å². The molecule has 0 aliphatic carbocycles. The van der Waals surface area contributed by atoms with Crippen molar-refractivity contribution in [2.45, 2.75) is 24.7 Å². The van der Waals surface area contributed by atoms with Gasteiger partial charge < -0.3 is 5.11 Å². The predicted molar refractivity (Wildman–Crippen MR) is 64.0 cm³/mol. The molecule has 0 radical (unpaired) electrons. The standard InChI is InChI=1S/C11H14OS2/c1-2-3-9(12)11-6-8-7-13-5-4-10(8)14-11/h2,6,9,12H,1,3-5,7H2. The largest absolute Gasteiger partial charge is 0.387 e. The summed E-state index contributed by atoms with van der Waals surface area (Å²) in [4.78, 5) is 2.58. The first-order valence-electron chi connectivity index (χ1n) is 4.79. The van der Waals surface area contributed by atoms with Crippen LogP contribution in [0, 0.1) is 0 Å². The molecule has 1 nitrogen and oxygen atoms in total. The Bertz CT molecular complexity index is 307. The smallest absolute Gasteiger partial charge is 0.0916 e. The Kier molecular flexibility index (Phi) is 3.31. The van der Waals surface area contributed by atoms with Crippen molar-refractivity contribution in [2.75, 3.05) is 5.75 Å². The highest BCUT2D eigenvalue weighted by Gasteiger charge is 2.16. The lowest BCUT2D eigenvalue weighted by Crippen LogP contribution is -1.96. The predicted octanol–water partition coefficient (Wildman–Crippen LogP) is 3.15. The molecule has 0 fully saturated rings. The van der Waals surface area contributed by atoms with E-state index in [1.54, 1.807) is 17.4 Å². The highest BCUT2D eigenvalue weighted by Crippen LogP contribution is 2.35. The number of rotatable bonds is 3. The van der Waals surface area contributed by atoms with Crippen LogP contribution in [0.4, 0.5) is 0 Å². The van der Waals surface area contributed by atoms with Crippen LogP contribution in [0.2, 0.25) is 0 Å². The molecule has 1 N–H and O–H groups in total. The number of hydrogen-bond acceptors (Lipinski definition) is 3. The Hall–Kier alpha value is -0.250. The van der Waals surface area contributed by atoms with E-state index < -0.39 is 0 Å². The van der Waals surface area contributed by atoms with Crippen molar-refractivity contribution in [2.24, 2.45) is 0 Å². The molecule has 0 saturated carbocycles. The van der Waals surface area contributed by atoms with Crippen LogP contribution >= 0.6 is 23.1 Å². The number of thiophene rings is 1. The monoisotopic (exact) mass is 226 g/mol. The van der Waals surface area contributed by atoms with Gasteiger partial charge >= 0.3 is 0 Å². The van der Waals surface area contributed by atoms with Crippen molar-refractivity contribution in [1.82, 2.24) is 0 Å². The molecule has 0 aromatic carbocycles. The van der Waals surface area contributed by atoms with Crippen LogP contribution in [0.3, 0.4) is 0 Å². The normalized spacial score (nSPS) is 17.5. The van der Waals surface area contributed by atoms with E-state index in [2.05, 4.69) is 12.6 Å². The van der Waals surface area contributed by atoms with Gasteiger partial charge in [0.2, 0.25) is 0 Å². The molecule has 0 amide bonds. The van der Waals surface area contributed by atoms with Gasteiger partial charge in [0.25, 0.3) is 0 Å². The third-order valence-electron chi connectivity index (χ3n) is 2.37. The van der Waals surface area contributed by atoms with Crippen molar-refractivity contribution in [1.29, 1.82) is 0 Å². The van der Waals surface area contributed by atoms with Gasteiger partial charge in [-0.2, -0.15) is 11.8 Å². The Labute approximate surface area is 92.8 Å². The van der Waals surface area contributed by atoms with E-state index in [1.165, 1.54) is 22.6 Å². The topological polar surface area (TPSA) is 20.2 Å². The van der Waals surface area contributed by atoms with E-state index in [9.17, 15) is 5.11 Å². The van der Waals surface area contributed by atoms with Crippen LogP contribution in [0.5, 0.6) is 0 Å². The lowest BCUT2D eigenvalue weighted by Gasteiger charge is -2.08. The van der Waals surface area contributed by atoms with Gasteiger partial charge in [-0.1, -0.05) is 6.08 Å². The zero-order valence-electron chi connectivity index (χ0n) is 8.03. The van der Waals surface area contributed by atoms with Crippen LogP contribution in [-0.2, 0) is 12.2 Å². The van der Waals surface area contributed by atoms with E-state index in [1.807, 2.05) is 11.8 Å². The quantitative estimate of drug-likeness (QED) is 0.799. The summed E-state index contributed by atoms with van der Waals surface area (Å²) in [5.41, 5.74) is 1.43. The summed E-state index contributed by atoms with van der Waals surface area (Å²) >= 11 is 3.75. The number of hydrogen-bond donors (Lipinski definition) is 1. The Morgan fingerprint density at radius 1 is 1.64 bits per heavy atom. The van der Waals surface area contributed by atoms with Crippen molar-refractivity contribution >= 4 is 23.1 Å². The summed E-state index contributed by atoms with van der Waals surface area (Å²) in [7, 11) is 0. The maximum atomic E-state index is 9.80. The highest BCUT2D eigenvalue weighted by atomic mass is 32.2. The van der Waals surface area contributed by atoms with Crippen LogP contribution in [0.25, 0.3) is 0 Å². The third-order valence-corrected chi connectivity index (χ3v) is 4.71. The van der Waals surface area contributed by atoms with Gasteiger partial charge in [-0.15, -0.1) is 17.9 Å². The third kappa shape index (κ3) is 2.05. The van der Waals surface area contributed by atoms with Gasteiger partial charge in [0.05, 0.1) is 6.10 Å². The molecule has 1 aromatic heterocycles. The molecule has 1 aliphatic rings. The first kappa shape index (κ1) is 10.3. The van der Waals surface area contributed by atoms with E-state index in [-0.39, 0.29) is 6.10 Å². The minimum Gasteiger partial charge on any atom is -0.387 e. The van der Waals surface area contributed by atoms with Gasteiger partial charge in [-0.25, -0.2) is 0 Å². The minimum atomic E-state index is -0.340. The first-order valence-corrected chi connectivity index (χ1v) is 6.76. The number of aryl methyl sites for hydroxylation is 1. The van der Waals surface area contributed by atoms with Crippen molar-refractivity contribution in [3.63, 3.8) is 0 Å². The van der Waals surface area contributed by atoms with Gasteiger partial charge in [0.1, 0.15) is 0 Å². The van der Waals surface area contributed by atoms with Crippen molar-refractivity contribution in [3.8, 4) is 0 Å². The second kappa shape index (κ2) is 4.51. The molecule has 1 aliphatic heterocycles. The molecule has 3 heteroatoms. The second-order valence-electron chi connectivity index (χ2n) is 3.44. The fraction of sp³-hybridized carbons (Fsp3) is 0.455. The van der Waals surface area contributed by atoms with Gasteiger partial charge in [0.15, 0.2) is 0 Å². The number of thioether (sulfide) groups is 1. The summed E-state index contributed by atoms with van der Waals surface area (Å²) in [6, 6.07) is 2.17. The summed E-state index contributed by atoms with van der Waals surface area (Å²) in [5.74, 6) is 2.34. The maximum absolute atomic E-state index is 9.80. The number of aliphatic hydroxyl groups is 1. The highest BCUT2D eigenvalue weighted by molar-refractivity contribution is 7.98. The lowest BCUT2D eigenvalue weighted by molar-refractivity contribution is 0.185. The number of fused-ring (bicyclic) bond motifs is 1. The first-order chi connectivity index (χ1) is 6.81. The fourth-order valence-electron chi connectivity index (χ4n) is 1.61. The average Bonchev–Trinajstić information content (AvgIpc) is 2.61. The molecule has 2 rings (SSSR count). The van der Waals surface area contributed by atoms with Crippen LogP contribution in [0.15, 0.2) is 18.7 Å². The molecule has 1 unspecified atom stereocenters. The zero-order valence-corrected chi connectivity index (χ0v) is 9.66. The summed E-state index contributed by atoms with van der Waals surface area (Å²) < 4.78 is 0. The molecule has 0 spiro atoms. The molecule has 0 bridgehead atoms. The maximum Gasteiger partial charge on any atom is 0.0916 e. The Balaban J connectivity index is 2.19. The molecular formula is C11H14OS2. The molecule has 0 saturated heterocycles. The van der Waals surface area contributed by atoms with E-state index in [0.717, 1.165) is 10.6 Å². The Morgan fingerprint density at radius 2 is 2.50 bits per heavy atom.